The second kappa shape index (κ2) is 6.20. The molecule has 4 heteroatoms. The Bertz CT molecular complexity index is 499. The molecular formula is C15H18ClNO2. The number of carbonyl (C=O) groups is 2. The third-order valence-corrected chi connectivity index (χ3v) is 3.66. The van der Waals surface area contributed by atoms with E-state index in [1.807, 2.05) is 19.1 Å². The van der Waals surface area contributed by atoms with Gasteiger partial charge in [0.1, 0.15) is 0 Å². The Labute approximate surface area is 118 Å². The van der Waals surface area contributed by atoms with E-state index in [0.29, 0.717) is 18.0 Å². The van der Waals surface area contributed by atoms with Crippen LogP contribution in [0.1, 0.15) is 41.6 Å². The molecule has 0 fully saturated rings. The van der Waals surface area contributed by atoms with Crippen LogP contribution >= 0.6 is 11.6 Å². The lowest BCUT2D eigenvalue weighted by Gasteiger charge is -2.16. The number of Topliss-reactive ketones (excluding diaryl/α,β-unsaturated/α-hetero) is 1. The Morgan fingerprint density at radius 3 is 2.58 bits per heavy atom. The fraction of sp³-hybridized carbons (Fsp3) is 0.467. The van der Waals surface area contributed by atoms with Crippen LogP contribution in [0.4, 0.5) is 5.69 Å². The Hall–Kier alpha value is -1.35. The number of ketones is 1. The summed E-state index contributed by atoms with van der Waals surface area (Å²) in [5.41, 5.74) is 2.31. The van der Waals surface area contributed by atoms with E-state index in [1.165, 1.54) is 0 Å². The van der Waals surface area contributed by atoms with Crippen LogP contribution in [0.3, 0.4) is 0 Å². The molecule has 0 radical (unpaired) electrons. The number of hydrogen-bond donors (Lipinski definition) is 0. The monoisotopic (exact) mass is 279 g/mol. The Morgan fingerprint density at radius 2 is 1.84 bits per heavy atom. The van der Waals surface area contributed by atoms with Crippen molar-refractivity contribution in [3.8, 4) is 0 Å². The zero-order valence-electron chi connectivity index (χ0n) is 11.1. The van der Waals surface area contributed by atoms with Crippen molar-refractivity contribution >= 4 is 29.0 Å². The lowest BCUT2D eigenvalue weighted by atomic mass is 10.1. The number of fused-ring (bicyclic) bond motifs is 1. The normalized spacial score (nSPS) is 14.1. The standard InChI is InChI=1S/C15H18ClNO2/c1-11-6-7-13-12(10-11)14(18)15(19)17(13)9-5-3-2-4-8-16/h6-7,10H,2-5,8-9H2,1H3. The van der Waals surface area contributed by atoms with E-state index in [-0.39, 0.29) is 5.78 Å². The number of benzene rings is 1. The molecule has 2 rings (SSSR count). The minimum Gasteiger partial charge on any atom is -0.305 e. The Kier molecular flexibility index (Phi) is 4.59. The fourth-order valence-corrected chi connectivity index (χ4v) is 2.54. The van der Waals surface area contributed by atoms with E-state index in [2.05, 4.69) is 0 Å². The molecule has 19 heavy (non-hydrogen) atoms. The minimum absolute atomic E-state index is 0.376. The summed E-state index contributed by atoms with van der Waals surface area (Å²) >= 11 is 5.62. The van der Waals surface area contributed by atoms with Gasteiger partial charge in [0.2, 0.25) is 0 Å². The summed E-state index contributed by atoms with van der Waals surface area (Å²) in [7, 11) is 0. The number of nitrogens with zero attached hydrogens (tertiary/aromatic N) is 1. The van der Waals surface area contributed by atoms with Crippen LogP contribution in [-0.2, 0) is 4.79 Å². The van der Waals surface area contributed by atoms with E-state index in [9.17, 15) is 9.59 Å². The highest BCUT2D eigenvalue weighted by Crippen LogP contribution is 2.29. The number of amides is 1. The summed E-state index contributed by atoms with van der Waals surface area (Å²) in [4.78, 5) is 25.4. The van der Waals surface area contributed by atoms with Gasteiger partial charge in [-0.05, 0) is 31.9 Å². The van der Waals surface area contributed by atoms with Gasteiger partial charge in [-0.3, -0.25) is 9.59 Å². The van der Waals surface area contributed by atoms with E-state index >= 15 is 0 Å². The summed E-state index contributed by atoms with van der Waals surface area (Å²) in [6, 6.07) is 5.60. The first-order valence-corrected chi connectivity index (χ1v) is 7.21. The van der Waals surface area contributed by atoms with Crippen molar-refractivity contribution in [2.45, 2.75) is 32.6 Å². The van der Waals surface area contributed by atoms with Crippen molar-refractivity contribution in [3.05, 3.63) is 29.3 Å². The van der Waals surface area contributed by atoms with Crippen LogP contribution in [0.5, 0.6) is 0 Å². The maximum atomic E-state index is 11.9. The molecule has 1 heterocycles. The van der Waals surface area contributed by atoms with E-state index in [0.717, 1.165) is 36.9 Å². The summed E-state index contributed by atoms with van der Waals surface area (Å²) in [5.74, 6) is -0.0825. The zero-order valence-corrected chi connectivity index (χ0v) is 11.9. The number of anilines is 1. The van der Waals surface area contributed by atoms with Crippen molar-refractivity contribution in [1.29, 1.82) is 0 Å². The third kappa shape index (κ3) is 2.98. The van der Waals surface area contributed by atoms with Crippen molar-refractivity contribution in [2.24, 2.45) is 0 Å². The van der Waals surface area contributed by atoms with Gasteiger partial charge in [-0.25, -0.2) is 0 Å². The molecule has 0 aromatic heterocycles. The van der Waals surface area contributed by atoms with Crippen LogP contribution in [0.25, 0.3) is 0 Å². The molecule has 0 aliphatic carbocycles. The highest BCUT2D eigenvalue weighted by atomic mass is 35.5. The molecule has 0 saturated carbocycles. The van der Waals surface area contributed by atoms with E-state index in [1.54, 1.807) is 11.0 Å². The largest absolute Gasteiger partial charge is 0.305 e. The molecule has 1 amide bonds. The maximum Gasteiger partial charge on any atom is 0.299 e. The van der Waals surface area contributed by atoms with Crippen LogP contribution in [0.15, 0.2) is 18.2 Å². The Morgan fingerprint density at radius 1 is 1.11 bits per heavy atom. The van der Waals surface area contributed by atoms with Crippen LogP contribution in [0, 0.1) is 6.92 Å². The average molecular weight is 280 g/mol. The van der Waals surface area contributed by atoms with Gasteiger partial charge < -0.3 is 4.90 Å². The summed E-state index contributed by atoms with van der Waals surface area (Å²) < 4.78 is 0. The van der Waals surface area contributed by atoms with Gasteiger partial charge >= 0.3 is 0 Å². The number of aryl methyl sites for hydroxylation is 1. The van der Waals surface area contributed by atoms with Gasteiger partial charge in [-0.1, -0.05) is 24.5 Å². The number of hydrogen-bond acceptors (Lipinski definition) is 2. The Balaban J connectivity index is 2.02. The molecule has 0 saturated heterocycles. The van der Waals surface area contributed by atoms with Gasteiger partial charge in [0, 0.05) is 12.4 Å². The molecule has 0 bridgehead atoms. The average Bonchev–Trinajstić information content (AvgIpc) is 2.63. The van der Waals surface area contributed by atoms with Crippen molar-refractivity contribution in [2.75, 3.05) is 17.3 Å². The number of carbonyl (C=O) groups excluding carboxylic acids is 2. The number of alkyl halides is 1. The van der Waals surface area contributed by atoms with Gasteiger partial charge in [0.15, 0.2) is 0 Å². The quantitative estimate of drug-likeness (QED) is 0.455. The fourth-order valence-electron chi connectivity index (χ4n) is 2.35. The van der Waals surface area contributed by atoms with Crippen LogP contribution in [0.2, 0.25) is 0 Å². The highest BCUT2D eigenvalue weighted by Gasteiger charge is 2.35. The maximum absolute atomic E-state index is 11.9. The first-order chi connectivity index (χ1) is 9.15. The topological polar surface area (TPSA) is 37.4 Å². The molecule has 0 spiro atoms. The number of rotatable bonds is 6. The van der Waals surface area contributed by atoms with Gasteiger partial charge in [-0.2, -0.15) is 0 Å². The van der Waals surface area contributed by atoms with Crippen molar-refractivity contribution in [1.82, 2.24) is 0 Å². The highest BCUT2D eigenvalue weighted by molar-refractivity contribution is 6.52. The first kappa shape index (κ1) is 14.1. The molecule has 0 unspecified atom stereocenters. The minimum atomic E-state index is -0.391. The molecule has 1 aliphatic heterocycles. The lowest BCUT2D eigenvalue weighted by Crippen LogP contribution is -2.30. The van der Waals surface area contributed by atoms with E-state index < -0.39 is 5.91 Å². The molecule has 0 atom stereocenters. The molecule has 0 N–H and O–H groups in total. The van der Waals surface area contributed by atoms with Crippen LogP contribution in [-0.4, -0.2) is 24.1 Å². The third-order valence-electron chi connectivity index (χ3n) is 3.39. The molecule has 1 aromatic rings. The first-order valence-electron chi connectivity index (χ1n) is 6.68. The van der Waals surface area contributed by atoms with Crippen LogP contribution < -0.4 is 4.90 Å². The lowest BCUT2D eigenvalue weighted by molar-refractivity contribution is -0.114. The molecule has 3 nitrogen and oxygen atoms in total. The smallest absolute Gasteiger partial charge is 0.299 e. The van der Waals surface area contributed by atoms with Gasteiger partial charge in [-0.15, -0.1) is 11.6 Å². The van der Waals surface area contributed by atoms with E-state index in [4.69, 9.17) is 11.6 Å². The molecular weight excluding hydrogens is 262 g/mol. The molecule has 1 aliphatic rings. The predicted octanol–water partition coefficient (Wildman–Crippen LogP) is 3.32. The SMILES string of the molecule is Cc1ccc2c(c1)C(=O)C(=O)N2CCCCCCCl. The predicted molar refractivity (Wildman–Crippen MR) is 77.1 cm³/mol. The molecule has 102 valence electrons. The zero-order chi connectivity index (χ0) is 13.8. The summed E-state index contributed by atoms with van der Waals surface area (Å²) in [6.45, 7) is 2.54. The van der Waals surface area contributed by atoms with Gasteiger partial charge in [0.05, 0.1) is 11.3 Å². The summed E-state index contributed by atoms with van der Waals surface area (Å²) in [5, 5.41) is 0. The second-order valence-corrected chi connectivity index (χ2v) is 5.29. The number of halogens is 1. The molecule has 1 aromatic carbocycles. The second-order valence-electron chi connectivity index (χ2n) is 4.91. The van der Waals surface area contributed by atoms with Gasteiger partial charge in [0.25, 0.3) is 11.7 Å². The van der Waals surface area contributed by atoms with Crippen molar-refractivity contribution in [3.63, 3.8) is 0 Å². The summed E-state index contributed by atoms with van der Waals surface area (Å²) in [6.07, 6.45) is 4.01. The van der Waals surface area contributed by atoms with Crippen molar-refractivity contribution < 1.29 is 9.59 Å². The number of unbranched alkanes of at least 4 members (excludes halogenated alkanes) is 3.